The number of carbonyl (C=O) groups excluding carboxylic acids is 3. The van der Waals surface area contributed by atoms with Gasteiger partial charge in [0.25, 0.3) is 6.47 Å². The summed E-state index contributed by atoms with van der Waals surface area (Å²) in [4.78, 5) is 36.9. The van der Waals surface area contributed by atoms with Crippen molar-refractivity contribution in [2.75, 3.05) is 25.8 Å². The molecule has 4 aliphatic carbocycles. The van der Waals surface area contributed by atoms with Crippen molar-refractivity contribution < 1.29 is 235 Å². The molecule has 0 aliphatic heterocycles. The van der Waals surface area contributed by atoms with Crippen LogP contribution in [0.5, 0.6) is 11.5 Å². The van der Waals surface area contributed by atoms with Crippen molar-refractivity contribution in [3.63, 3.8) is 0 Å². The van der Waals surface area contributed by atoms with Crippen LogP contribution in [0.4, 0.5) is 0 Å². The van der Waals surface area contributed by atoms with Gasteiger partial charge in [0.2, 0.25) is 0 Å². The maximum Gasteiger partial charge on any atom is 1.00 e. The summed E-state index contributed by atoms with van der Waals surface area (Å²) < 4.78 is 14.5. The summed E-state index contributed by atoms with van der Waals surface area (Å²) in [5.41, 5.74) is 16.2. The van der Waals surface area contributed by atoms with Gasteiger partial charge in [0.15, 0.2) is 23.1 Å². The predicted molar refractivity (Wildman–Crippen MR) is 406 cm³/mol. The van der Waals surface area contributed by atoms with Crippen molar-refractivity contribution in [3.8, 4) is 44.9 Å². The molecule has 11 aromatic rings. The van der Waals surface area contributed by atoms with Gasteiger partial charge in [-0.1, -0.05) is 267 Å². The van der Waals surface area contributed by atoms with E-state index in [-0.39, 0.29) is 221 Å². The molecule has 21 heteroatoms. The van der Waals surface area contributed by atoms with Crippen LogP contribution in [0.3, 0.4) is 0 Å². The van der Waals surface area contributed by atoms with E-state index in [1.807, 2.05) is 89.9 Å². The molecule has 0 saturated heterocycles. The second kappa shape index (κ2) is 47.6. The quantitative estimate of drug-likeness (QED) is 0.0439. The molecular formula is C78H77Br4IK3N2NaO10. The van der Waals surface area contributed by atoms with Crippen LogP contribution >= 0.6 is 86.3 Å². The number of hydrazine groups is 1. The van der Waals surface area contributed by atoms with Crippen molar-refractivity contribution in [1.82, 2.24) is 0 Å². The van der Waals surface area contributed by atoms with Crippen LogP contribution < -0.4 is 220 Å². The molecular weight excluding hydrogens is 1710 g/mol. The number of hydrogen-bond acceptors (Lipinski definition) is 11. The number of hydrogen-bond donors (Lipinski definition) is 2. The Hall–Kier alpha value is -1.07. The third-order valence-electron chi connectivity index (χ3n) is 15.2. The number of nitrogens with two attached hydrogens (primary N) is 2. The number of para-hydroxylation sites is 2. The number of benzene rings is 11. The summed E-state index contributed by atoms with van der Waals surface area (Å²) in [5.74, 6) is 9.94. The van der Waals surface area contributed by atoms with Crippen molar-refractivity contribution in [2.45, 2.75) is 71.8 Å². The van der Waals surface area contributed by atoms with E-state index in [0.717, 1.165) is 71.9 Å². The summed E-state index contributed by atoms with van der Waals surface area (Å²) in [6.07, 6.45) is 2.63. The van der Waals surface area contributed by atoms with Crippen LogP contribution in [-0.4, -0.2) is 54.9 Å². The number of carbonyl (C=O) groups is 3. The summed E-state index contributed by atoms with van der Waals surface area (Å²) in [5, 5.41) is 35.0. The van der Waals surface area contributed by atoms with E-state index in [4.69, 9.17) is 24.6 Å². The Morgan fingerprint density at radius 3 is 1.35 bits per heavy atom. The Bertz CT molecular complexity index is 4430. The molecule has 12 nitrogen and oxygen atoms in total. The van der Waals surface area contributed by atoms with Crippen LogP contribution in [-0.2, 0) is 27.9 Å². The van der Waals surface area contributed by atoms with E-state index in [9.17, 15) is 14.7 Å². The third kappa shape index (κ3) is 25.5. The van der Waals surface area contributed by atoms with E-state index in [0.29, 0.717) is 6.42 Å². The van der Waals surface area contributed by atoms with Gasteiger partial charge in [-0.3, -0.25) is 26.1 Å². The fraction of sp³-hybridized carbons (Fsp3) is 0.192. The fourth-order valence-electron chi connectivity index (χ4n) is 11.3. The fourth-order valence-corrected chi connectivity index (χ4v) is 13.7. The Balaban J connectivity index is 0.00000116. The number of halogens is 5. The van der Waals surface area contributed by atoms with Gasteiger partial charge >= 0.3 is 184 Å². The Morgan fingerprint density at radius 2 is 0.889 bits per heavy atom. The minimum absolute atomic E-state index is 0. The molecule has 0 saturated carbocycles. The van der Waals surface area contributed by atoms with Gasteiger partial charge < -0.3 is 36.7 Å². The molecule has 0 atom stereocenters. The average Bonchev–Trinajstić information content (AvgIpc) is 1.57. The van der Waals surface area contributed by atoms with Crippen molar-refractivity contribution >= 4 is 137 Å². The number of ketones is 2. The minimum Gasteiger partial charge on any atom is -1.00 e. The Labute approximate surface area is 780 Å². The predicted octanol–water partition coefficient (Wildman–Crippen LogP) is 5.30. The van der Waals surface area contributed by atoms with Crippen LogP contribution in [0.15, 0.2) is 224 Å². The standard InChI is InChI=1S/C19H15Br.C17H9BrO.C17H11Br.C9H7BrO.C8H10O2.C4H9O.C2H5O.CH3I.CH2O3.3K.H4N2.Na.H2O.H/c1-19(2)15-8-5-9-17(20)18(15)14-10-12-6-3-4-7-13(12)11-16(14)19;18-15-7-3-6-12-16(15)13-8-10-4-1-2-5-11(10)9-14(13)17(12)19;18-16-7-3-6-13-9-14-8-11-4-1-2-5-12(11)10-15(14)17(13)16;10-8-3-1-2-7-6(8)4-5-9(7)11;1-9-7-5-3-4-6-8(7)10-2;1-4(2,3)5;1-2-3;1-2;2-1-4-3;;;;1-2;;;/h3-11H,1-2H3;1-9H;1-8,10H,9H2;1-3H,4-5H2;3-6H,1-2H3;1-3H3;2H2,1H3;1H3;1,3H;;;;1-2H2;;1H2;/q;;;;;2*-1;;;3*+1;;+1;;-1/p-1. The summed E-state index contributed by atoms with van der Waals surface area (Å²) in [7, 11) is 3.25. The first-order valence-electron chi connectivity index (χ1n) is 29.9. The van der Waals surface area contributed by atoms with E-state index in [1.54, 1.807) is 41.9 Å². The smallest absolute Gasteiger partial charge is 1.00 e. The topological polar surface area (TPSA) is 232 Å². The van der Waals surface area contributed by atoms with E-state index in [2.05, 4.69) is 238 Å². The zero-order valence-corrected chi connectivity index (χ0v) is 78.1. The monoisotopic (exact) mass is 1780 g/mol. The largest absolute Gasteiger partial charge is 1.00 e. The van der Waals surface area contributed by atoms with E-state index in [1.165, 1.54) is 80.6 Å². The van der Waals surface area contributed by atoms with Crippen molar-refractivity contribution in [1.29, 1.82) is 0 Å². The van der Waals surface area contributed by atoms with Crippen LogP contribution in [0.2, 0.25) is 0 Å². The summed E-state index contributed by atoms with van der Waals surface area (Å²) in [6, 6.07) is 70.9. The van der Waals surface area contributed by atoms with Crippen molar-refractivity contribution in [3.05, 3.63) is 269 Å². The van der Waals surface area contributed by atoms with Gasteiger partial charge in [-0.25, -0.2) is 0 Å². The maximum absolute atomic E-state index is 12.5. The number of Topliss-reactive ketones (excluding diaryl/α,β-unsaturated/α-hetero) is 1. The van der Waals surface area contributed by atoms with Crippen molar-refractivity contribution in [2.24, 2.45) is 11.7 Å². The SMILES string of the molecule is Brc1cccc2c1-c1cc3ccccc3cc1C2.CC(C)(C)[O-].CC1(C)c2cc3ccccc3cc2-c2c(Br)cccc21.CC[O-].CI.COc1ccccc1OC.NN.O.O=C1CCc2c(Br)cccc21.O=C1c2cc3ccccc3cc2-c2c(Br)cccc21.O=CO[O-].[H-].[K+].[K+].[K+].[Na+]. The molecule has 0 aromatic heterocycles. The van der Waals surface area contributed by atoms with Gasteiger partial charge in [-0.05, 0) is 167 Å². The number of ether oxygens (including phenoxy) is 2. The second-order valence-electron chi connectivity index (χ2n) is 22.7. The zero-order chi connectivity index (χ0) is 68.9. The summed E-state index contributed by atoms with van der Waals surface area (Å²) in [6.45, 7) is 10.9. The molecule has 6 N–H and O–H groups in total. The van der Waals surface area contributed by atoms with Gasteiger partial charge in [0.05, 0.1) is 14.2 Å². The first kappa shape index (κ1) is 95.9. The van der Waals surface area contributed by atoms with Crippen LogP contribution in [0.1, 0.15) is 103 Å². The molecule has 99 heavy (non-hydrogen) atoms. The molecule has 0 unspecified atom stereocenters. The van der Waals surface area contributed by atoms with Gasteiger partial charge in [0, 0.05) is 57.5 Å². The first-order chi connectivity index (χ1) is 45.2. The van der Waals surface area contributed by atoms with E-state index >= 15 is 0 Å². The van der Waals surface area contributed by atoms with Gasteiger partial charge in [-0.15, -0.1) is 12.2 Å². The number of rotatable bonds is 3. The molecule has 0 bridgehead atoms. The zero-order valence-electron chi connectivity index (χ0n) is 59.3. The Morgan fingerprint density at radius 1 is 0.515 bits per heavy atom. The molecule has 498 valence electrons. The third-order valence-corrected chi connectivity index (χ3v) is 18.0. The molecule has 0 fully saturated rings. The molecule has 0 amide bonds. The molecule has 11 aromatic carbocycles. The maximum atomic E-state index is 12.5. The summed E-state index contributed by atoms with van der Waals surface area (Å²) >= 11 is 16.5. The Kier molecular flexibility index (Phi) is 46.1. The minimum atomic E-state index is -0.750. The molecule has 4 aliphatic rings. The number of fused-ring (bicyclic) bond motifs is 13. The van der Waals surface area contributed by atoms with Gasteiger partial charge in [0.1, 0.15) is 0 Å². The normalized spacial score (nSPS) is 11.5. The molecule has 0 heterocycles. The second-order valence-corrected chi connectivity index (χ2v) is 26.1. The number of methoxy groups -OCH3 is 2. The average molecular weight is 1790 g/mol. The molecule has 0 radical (unpaired) electrons. The number of alkyl halides is 1. The first-order valence-corrected chi connectivity index (χ1v) is 35.2. The molecule has 15 rings (SSSR count). The van der Waals surface area contributed by atoms with E-state index < -0.39 is 5.60 Å². The van der Waals surface area contributed by atoms with Gasteiger partial charge in [-0.2, -0.15) is 0 Å². The van der Waals surface area contributed by atoms with Crippen LogP contribution in [0, 0.1) is 0 Å². The van der Waals surface area contributed by atoms with Crippen LogP contribution in [0.25, 0.3) is 65.7 Å². The molecule has 0 spiro atoms.